The maximum Gasteiger partial charge on any atom is 0.239 e. The number of hydrogen-bond donors (Lipinski definition) is 2. The summed E-state index contributed by atoms with van der Waals surface area (Å²) in [5, 5.41) is 11.1. The number of halogens is 1. The molecule has 1 aliphatic rings. The number of aliphatic hydroxyl groups is 1. The monoisotopic (exact) mass is 435 g/mol. The number of carbonyl (C=O) groups is 2. The van der Waals surface area contributed by atoms with Crippen LogP contribution in [0.5, 0.6) is 11.5 Å². The first-order valence-corrected chi connectivity index (χ1v) is 10.1. The van der Waals surface area contributed by atoms with Crippen molar-refractivity contribution in [1.82, 2.24) is 4.98 Å². The Morgan fingerprint density at radius 2 is 1.48 bits per heavy atom. The summed E-state index contributed by atoms with van der Waals surface area (Å²) in [4.78, 5) is 39.3. The summed E-state index contributed by atoms with van der Waals surface area (Å²) in [5.74, 6) is -0.677. The zero-order chi connectivity index (χ0) is 22.0. The number of benzene rings is 2. The molecule has 0 saturated heterocycles. The number of aromatic amines is 1. The summed E-state index contributed by atoms with van der Waals surface area (Å²) in [5.41, 5.74) is 0.174. The predicted molar refractivity (Wildman–Crippen MR) is 117 cm³/mol. The fourth-order valence-corrected chi connectivity index (χ4v) is 3.59. The van der Waals surface area contributed by atoms with E-state index in [0.29, 0.717) is 29.4 Å². The molecule has 156 valence electrons. The van der Waals surface area contributed by atoms with Crippen molar-refractivity contribution in [3.8, 4) is 11.5 Å². The van der Waals surface area contributed by atoms with E-state index in [1.54, 1.807) is 24.3 Å². The van der Waals surface area contributed by atoms with Crippen LogP contribution in [0.2, 0.25) is 5.02 Å². The highest BCUT2D eigenvalue weighted by atomic mass is 35.5. The van der Waals surface area contributed by atoms with Crippen molar-refractivity contribution in [1.29, 1.82) is 0 Å². The van der Waals surface area contributed by atoms with Gasteiger partial charge in [-0.2, -0.15) is 0 Å². The lowest BCUT2D eigenvalue weighted by Crippen LogP contribution is -2.30. The Hall–Kier alpha value is -3.64. The number of allylic oxidation sites excluding steroid dienone is 1. The molecule has 0 bridgehead atoms. The van der Waals surface area contributed by atoms with Gasteiger partial charge >= 0.3 is 0 Å². The van der Waals surface area contributed by atoms with Gasteiger partial charge in [0.2, 0.25) is 11.6 Å². The third-order valence-corrected chi connectivity index (χ3v) is 5.31. The number of ketones is 2. The number of carbonyl (C=O) groups excluding carboxylic acids is 2. The van der Waals surface area contributed by atoms with E-state index >= 15 is 0 Å². The molecular weight excluding hydrogens is 418 g/mol. The minimum Gasteiger partial charge on any atom is -0.505 e. The van der Waals surface area contributed by atoms with Crippen LogP contribution >= 0.6 is 11.6 Å². The largest absolute Gasteiger partial charge is 0.505 e. The maximum absolute atomic E-state index is 12.4. The average Bonchev–Trinajstić information content (AvgIpc) is 2.77. The molecule has 1 aromatic heterocycles. The van der Waals surface area contributed by atoms with E-state index in [2.05, 4.69) is 4.98 Å². The number of Topliss-reactive ketones (excluding diaryl/α,β-unsaturated/α-hetero) is 2. The van der Waals surface area contributed by atoms with Crippen LogP contribution < -0.4 is 10.2 Å². The van der Waals surface area contributed by atoms with Crippen LogP contribution in [-0.2, 0) is 11.2 Å². The Bertz CT molecular complexity index is 1240. The normalized spacial score (nSPS) is 13.3. The number of hydrogen-bond acceptors (Lipinski definition) is 5. The van der Waals surface area contributed by atoms with Crippen molar-refractivity contribution in [2.75, 3.05) is 0 Å². The third kappa shape index (κ3) is 4.29. The lowest BCUT2D eigenvalue weighted by molar-refractivity contribution is -0.112. The maximum atomic E-state index is 12.4. The Balaban J connectivity index is 1.41. The Morgan fingerprint density at radius 3 is 2.16 bits per heavy atom. The van der Waals surface area contributed by atoms with E-state index in [-0.39, 0.29) is 29.0 Å². The molecule has 1 aliphatic carbocycles. The van der Waals surface area contributed by atoms with Crippen LogP contribution in [0.25, 0.3) is 5.76 Å². The van der Waals surface area contributed by atoms with E-state index in [4.69, 9.17) is 16.3 Å². The standard InChI is InChI=1S/C24H18ClNO5/c25-15-6-10-17(11-7-15)31-16-8-4-14(5-9-16)2-1-3-18-22(28)21-20(24(30)23(18)29)19(27)12-13-26-21/h4-13,28H,1-3H2,(H,26,27). The number of aryl methyl sites for hydroxylation is 1. The van der Waals surface area contributed by atoms with Crippen LogP contribution in [0.3, 0.4) is 0 Å². The smallest absolute Gasteiger partial charge is 0.239 e. The molecule has 1 heterocycles. The zero-order valence-electron chi connectivity index (χ0n) is 16.4. The minimum absolute atomic E-state index is 0.0100. The Kier molecular flexibility index (Phi) is 5.73. The summed E-state index contributed by atoms with van der Waals surface area (Å²) in [6, 6.07) is 15.7. The van der Waals surface area contributed by atoms with E-state index < -0.39 is 17.0 Å². The van der Waals surface area contributed by atoms with Gasteiger partial charge in [0.15, 0.2) is 5.43 Å². The van der Waals surface area contributed by atoms with Gasteiger partial charge in [0.25, 0.3) is 0 Å². The summed E-state index contributed by atoms with van der Waals surface area (Å²) in [6.45, 7) is 0. The van der Waals surface area contributed by atoms with Gasteiger partial charge in [-0.1, -0.05) is 23.7 Å². The second-order valence-corrected chi connectivity index (χ2v) is 7.57. The van der Waals surface area contributed by atoms with Crippen LogP contribution in [-0.4, -0.2) is 21.7 Å². The highest BCUT2D eigenvalue weighted by Gasteiger charge is 2.34. The molecule has 31 heavy (non-hydrogen) atoms. The molecule has 0 amide bonds. The van der Waals surface area contributed by atoms with Gasteiger partial charge < -0.3 is 14.8 Å². The zero-order valence-corrected chi connectivity index (χ0v) is 17.1. The quantitative estimate of drug-likeness (QED) is 0.538. The number of nitrogens with one attached hydrogen (secondary N) is 1. The van der Waals surface area contributed by atoms with Crippen molar-refractivity contribution < 1.29 is 19.4 Å². The number of aromatic nitrogens is 1. The van der Waals surface area contributed by atoms with Crippen LogP contribution in [0.15, 0.2) is 71.2 Å². The molecule has 0 unspecified atom stereocenters. The lowest BCUT2D eigenvalue weighted by Gasteiger charge is -2.16. The van der Waals surface area contributed by atoms with Crippen LogP contribution in [0, 0.1) is 0 Å². The first kappa shape index (κ1) is 20.6. The molecule has 0 fully saturated rings. The van der Waals surface area contributed by atoms with Gasteiger partial charge in [0.05, 0.1) is 5.69 Å². The molecule has 0 saturated carbocycles. The molecule has 6 nitrogen and oxygen atoms in total. The van der Waals surface area contributed by atoms with Crippen molar-refractivity contribution >= 4 is 28.9 Å². The van der Waals surface area contributed by atoms with Crippen LogP contribution in [0.1, 0.15) is 34.5 Å². The van der Waals surface area contributed by atoms with Crippen molar-refractivity contribution in [3.63, 3.8) is 0 Å². The highest BCUT2D eigenvalue weighted by molar-refractivity contribution is 6.52. The molecule has 0 spiro atoms. The van der Waals surface area contributed by atoms with Crippen molar-refractivity contribution in [2.45, 2.75) is 19.3 Å². The van der Waals surface area contributed by atoms with E-state index in [1.165, 1.54) is 6.20 Å². The van der Waals surface area contributed by atoms with E-state index in [0.717, 1.165) is 11.6 Å². The van der Waals surface area contributed by atoms with Crippen LogP contribution in [0.4, 0.5) is 0 Å². The number of ether oxygens (including phenoxy) is 1. The molecule has 2 aromatic carbocycles. The molecular formula is C24H18ClNO5. The minimum atomic E-state index is -0.881. The summed E-state index contributed by atoms with van der Waals surface area (Å²) in [6.07, 6.45) is 2.74. The van der Waals surface area contributed by atoms with Gasteiger partial charge in [-0.15, -0.1) is 0 Å². The predicted octanol–water partition coefficient (Wildman–Crippen LogP) is 4.88. The third-order valence-electron chi connectivity index (χ3n) is 5.05. The molecule has 7 heteroatoms. The number of rotatable bonds is 6. The Labute approximate surface area is 182 Å². The van der Waals surface area contributed by atoms with Crippen molar-refractivity contribution in [2.24, 2.45) is 0 Å². The second kappa shape index (κ2) is 8.62. The second-order valence-electron chi connectivity index (χ2n) is 7.13. The summed E-state index contributed by atoms with van der Waals surface area (Å²) < 4.78 is 5.76. The molecule has 0 aliphatic heterocycles. The van der Waals surface area contributed by atoms with Gasteiger partial charge in [-0.25, -0.2) is 0 Å². The number of aliphatic hydroxyl groups excluding tert-OH is 1. The number of H-pyrrole nitrogens is 1. The molecule has 2 N–H and O–H groups in total. The molecule has 4 rings (SSSR count). The van der Waals surface area contributed by atoms with Gasteiger partial charge in [-0.3, -0.25) is 14.4 Å². The Morgan fingerprint density at radius 1 is 0.839 bits per heavy atom. The van der Waals surface area contributed by atoms with Crippen molar-refractivity contribution in [3.05, 3.63) is 98.4 Å². The highest BCUT2D eigenvalue weighted by Crippen LogP contribution is 2.28. The number of pyridine rings is 1. The SMILES string of the molecule is O=C1C(=O)c2c([nH]ccc2=O)C(O)=C1CCCc1ccc(Oc2ccc(Cl)cc2)cc1. The topological polar surface area (TPSA) is 96.5 Å². The first-order chi connectivity index (χ1) is 14.9. The van der Waals surface area contributed by atoms with E-state index in [1.807, 2.05) is 24.3 Å². The van der Waals surface area contributed by atoms with Gasteiger partial charge in [-0.05, 0) is 61.2 Å². The fourth-order valence-electron chi connectivity index (χ4n) is 3.46. The lowest BCUT2D eigenvalue weighted by atomic mass is 9.88. The molecule has 3 aromatic rings. The summed E-state index contributed by atoms with van der Waals surface area (Å²) >= 11 is 5.87. The first-order valence-electron chi connectivity index (χ1n) is 9.69. The fraction of sp³-hybridized carbons (Fsp3) is 0.125. The van der Waals surface area contributed by atoms with E-state index in [9.17, 15) is 19.5 Å². The molecule has 0 radical (unpaired) electrons. The summed E-state index contributed by atoms with van der Waals surface area (Å²) in [7, 11) is 0. The van der Waals surface area contributed by atoms with Gasteiger partial charge in [0, 0.05) is 22.9 Å². The average molecular weight is 436 g/mol. The van der Waals surface area contributed by atoms with Gasteiger partial charge in [0.1, 0.15) is 22.8 Å². The number of fused-ring (bicyclic) bond motifs is 1. The molecule has 0 atom stereocenters.